The summed E-state index contributed by atoms with van der Waals surface area (Å²) in [6.07, 6.45) is 0.643. The zero-order valence-corrected chi connectivity index (χ0v) is 17.9. The number of ether oxygens (including phenoxy) is 1. The summed E-state index contributed by atoms with van der Waals surface area (Å²) in [5.74, 6) is -1.36. The molecule has 0 aliphatic heterocycles. The third-order valence-corrected chi connectivity index (χ3v) is 6.86. The first-order valence-corrected chi connectivity index (χ1v) is 10.6. The molecule has 0 bridgehead atoms. The number of carbonyl (C=O) groups excluding carboxylic acids is 2. The predicted molar refractivity (Wildman–Crippen MR) is 104 cm³/mol. The second-order valence-corrected chi connectivity index (χ2v) is 8.44. The van der Waals surface area contributed by atoms with Crippen molar-refractivity contribution >= 4 is 33.5 Å². The number of carbonyl (C=O) groups is 2. The van der Waals surface area contributed by atoms with Crippen molar-refractivity contribution in [3.05, 3.63) is 28.8 Å². The molecule has 9 heteroatoms. The molecule has 1 amide bonds. The highest BCUT2D eigenvalue weighted by Gasteiger charge is 2.29. The first-order chi connectivity index (χ1) is 12.6. The summed E-state index contributed by atoms with van der Waals surface area (Å²) in [4.78, 5) is 24.6. The van der Waals surface area contributed by atoms with E-state index >= 15 is 0 Å². The van der Waals surface area contributed by atoms with Gasteiger partial charge in [0, 0.05) is 13.1 Å². The summed E-state index contributed by atoms with van der Waals surface area (Å²) >= 11 is 6.11. The maximum absolute atomic E-state index is 12.7. The van der Waals surface area contributed by atoms with Crippen LogP contribution in [0.3, 0.4) is 0 Å². The van der Waals surface area contributed by atoms with Crippen molar-refractivity contribution < 1.29 is 22.7 Å². The van der Waals surface area contributed by atoms with E-state index < -0.39 is 27.9 Å². The lowest BCUT2D eigenvalue weighted by atomic mass is 9.99. The molecule has 0 unspecified atom stereocenters. The first kappa shape index (κ1) is 23.4. The van der Waals surface area contributed by atoms with Crippen LogP contribution in [0.25, 0.3) is 0 Å². The fourth-order valence-electron chi connectivity index (χ4n) is 2.57. The van der Waals surface area contributed by atoms with Gasteiger partial charge < -0.3 is 10.1 Å². The highest BCUT2D eigenvalue weighted by molar-refractivity contribution is 7.89. The number of nitrogens with zero attached hydrogens (tertiary/aromatic N) is 1. The fourth-order valence-corrected chi connectivity index (χ4v) is 4.25. The summed E-state index contributed by atoms with van der Waals surface area (Å²) in [6, 6.07) is 3.10. The molecule has 27 heavy (non-hydrogen) atoms. The minimum Gasteiger partial charge on any atom is -0.467 e. The molecular formula is C18H27ClN2O5S. The number of nitrogens with one attached hydrogen (secondary N) is 1. The van der Waals surface area contributed by atoms with Crippen LogP contribution in [0.15, 0.2) is 23.1 Å². The van der Waals surface area contributed by atoms with E-state index in [0.29, 0.717) is 19.5 Å². The zero-order chi connectivity index (χ0) is 20.8. The van der Waals surface area contributed by atoms with Crippen molar-refractivity contribution in [3.8, 4) is 0 Å². The molecule has 0 saturated heterocycles. The molecule has 0 fully saturated rings. The number of hydrogen-bond donors (Lipinski definition) is 1. The van der Waals surface area contributed by atoms with E-state index in [1.165, 1.54) is 29.6 Å². The van der Waals surface area contributed by atoms with E-state index in [9.17, 15) is 18.0 Å². The standard InChI is InChI=1S/C18H27ClN2O5S/c1-6-12(4)16(18(23)26-5)20-17(22)14-11-13(9-10-15(14)19)27(24,25)21(7-2)8-3/h9-12,16H,6-8H2,1-5H3,(H,20,22)/t12-,16+/m1/s1. The average Bonchev–Trinajstić information content (AvgIpc) is 2.65. The Labute approximate surface area is 166 Å². The molecule has 0 aromatic heterocycles. The van der Waals surface area contributed by atoms with Gasteiger partial charge in [0.2, 0.25) is 10.0 Å². The molecule has 0 radical (unpaired) electrons. The SMILES string of the molecule is CC[C@@H](C)[C@H](NC(=O)c1cc(S(=O)(=O)N(CC)CC)ccc1Cl)C(=O)OC. The summed E-state index contributed by atoms with van der Waals surface area (Å²) < 4.78 is 31.4. The van der Waals surface area contributed by atoms with Crippen LogP contribution in [0, 0.1) is 5.92 Å². The smallest absolute Gasteiger partial charge is 0.328 e. The van der Waals surface area contributed by atoms with Crippen LogP contribution in [0.1, 0.15) is 44.5 Å². The lowest BCUT2D eigenvalue weighted by molar-refractivity contribution is -0.144. The average molecular weight is 419 g/mol. The maximum atomic E-state index is 12.7. The monoisotopic (exact) mass is 418 g/mol. The summed E-state index contributed by atoms with van der Waals surface area (Å²) in [5.41, 5.74) is -0.0119. The molecule has 1 aromatic rings. The third-order valence-electron chi connectivity index (χ3n) is 4.48. The molecule has 0 aliphatic carbocycles. The second kappa shape index (κ2) is 10.1. The fraction of sp³-hybridized carbons (Fsp3) is 0.556. The Bertz CT molecular complexity index is 778. The van der Waals surface area contributed by atoms with Crippen molar-refractivity contribution in [1.29, 1.82) is 0 Å². The van der Waals surface area contributed by atoms with E-state index in [4.69, 9.17) is 16.3 Å². The molecule has 0 heterocycles. The van der Waals surface area contributed by atoms with Gasteiger partial charge >= 0.3 is 5.97 Å². The number of benzene rings is 1. The number of halogens is 1. The molecule has 0 aliphatic rings. The van der Waals surface area contributed by atoms with Crippen molar-refractivity contribution in [3.63, 3.8) is 0 Å². The Kier molecular flexibility index (Phi) is 8.71. The topological polar surface area (TPSA) is 92.8 Å². The highest BCUT2D eigenvalue weighted by atomic mass is 35.5. The van der Waals surface area contributed by atoms with E-state index in [-0.39, 0.29) is 21.4 Å². The molecule has 2 atom stereocenters. The number of hydrogen-bond acceptors (Lipinski definition) is 5. The van der Waals surface area contributed by atoms with Gasteiger partial charge in [0.05, 0.1) is 22.6 Å². The summed E-state index contributed by atoms with van der Waals surface area (Å²) in [7, 11) is -2.50. The number of amides is 1. The maximum Gasteiger partial charge on any atom is 0.328 e. The molecule has 0 spiro atoms. The number of esters is 1. The Morgan fingerprint density at radius 3 is 2.30 bits per heavy atom. The van der Waals surface area contributed by atoms with Gasteiger partial charge in [-0.2, -0.15) is 4.31 Å². The minimum absolute atomic E-state index is 0.0119. The van der Waals surface area contributed by atoms with Crippen LogP contribution in [0.2, 0.25) is 5.02 Å². The molecule has 152 valence electrons. The van der Waals surface area contributed by atoms with Crippen LogP contribution in [-0.4, -0.2) is 50.8 Å². The normalized spacial score (nSPS) is 13.9. The molecular weight excluding hydrogens is 392 g/mol. The molecule has 1 aromatic carbocycles. The van der Waals surface area contributed by atoms with Gasteiger partial charge in [-0.3, -0.25) is 4.79 Å². The summed E-state index contributed by atoms with van der Waals surface area (Å²) in [5, 5.41) is 2.70. The molecule has 1 N–H and O–H groups in total. The van der Waals surface area contributed by atoms with Crippen LogP contribution in [0.5, 0.6) is 0 Å². The third kappa shape index (κ3) is 5.43. The van der Waals surface area contributed by atoms with Crippen LogP contribution in [0.4, 0.5) is 0 Å². The number of methoxy groups -OCH3 is 1. The Morgan fingerprint density at radius 1 is 1.22 bits per heavy atom. The van der Waals surface area contributed by atoms with Gasteiger partial charge in [-0.25, -0.2) is 13.2 Å². The van der Waals surface area contributed by atoms with E-state index in [0.717, 1.165) is 0 Å². The Balaban J connectivity index is 3.26. The first-order valence-electron chi connectivity index (χ1n) is 8.82. The van der Waals surface area contributed by atoms with Gasteiger partial charge in [0.25, 0.3) is 5.91 Å². The quantitative estimate of drug-likeness (QED) is 0.622. The van der Waals surface area contributed by atoms with Crippen molar-refractivity contribution in [2.24, 2.45) is 5.92 Å². The van der Waals surface area contributed by atoms with Crippen molar-refractivity contribution in [1.82, 2.24) is 9.62 Å². The van der Waals surface area contributed by atoms with Gasteiger partial charge in [0.1, 0.15) is 6.04 Å². The van der Waals surface area contributed by atoms with E-state index in [1.54, 1.807) is 13.8 Å². The summed E-state index contributed by atoms with van der Waals surface area (Å²) in [6.45, 7) is 7.78. The molecule has 0 saturated carbocycles. The zero-order valence-electron chi connectivity index (χ0n) is 16.3. The van der Waals surface area contributed by atoms with E-state index in [2.05, 4.69) is 5.32 Å². The van der Waals surface area contributed by atoms with Crippen LogP contribution >= 0.6 is 11.6 Å². The van der Waals surface area contributed by atoms with E-state index in [1.807, 2.05) is 13.8 Å². The minimum atomic E-state index is -3.74. The Morgan fingerprint density at radius 2 is 1.81 bits per heavy atom. The largest absolute Gasteiger partial charge is 0.467 e. The van der Waals surface area contributed by atoms with Gasteiger partial charge in [-0.05, 0) is 24.1 Å². The predicted octanol–water partition coefficient (Wildman–Crippen LogP) is 2.69. The number of rotatable bonds is 9. The van der Waals surface area contributed by atoms with Crippen molar-refractivity contribution in [2.45, 2.75) is 45.1 Å². The second-order valence-electron chi connectivity index (χ2n) is 6.09. The Hall–Kier alpha value is -1.64. The van der Waals surface area contributed by atoms with Gasteiger partial charge in [0.15, 0.2) is 0 Å². The number of sulfonamides is 1. The van der Waals surface area contributed by atoms with Crippen molar-refractivity contribution in [2.75, 3.05) is 20.2 Å². The lowest BCUT2D eigenvalue weighted by Gasteiger charge is -2.22. The lowest BCUT2D eigenvalue weighted by Crippen LogP contribution is -2.45. The highest BCUT2D eigenvalue weighted by Crippen LogP contribution is 2.23. The van der Waals surface area contributed by atoms with Crippen LogP contribution in [-0.2, 0) is 19.6 Å². The van der Waals surface area contributed by atoms with Crippen LogP contribution < -0.4 is 5.32 Å². The van der Waals surface area contributed by atoms with Gasteiger partial charge in [-0.15, -0.1) is 0 Å². The molecule has 7 nitrogen and oxygen atoms in total. The van der Waals surface area contributed by atoms with Gasteiger partial charge in [-0.1, -0.05) is 45.7 Å². The molecule has 1 rings (SSSR count).